The van der Waals surface area contributed by atoms with Crippen LogP contribution in [0.25, 0.3) is 0 Å². The zero-order valence-electron chi connectivity index (χ0n) is 11.3. The van der Waals surface area contributed by atoms with Crippen molar-refractivity contribution in [2.75, 3.05) is 14.2 Å². The third-order valence-electron chi connectivity index (χ3n) is 3.00. The maximum absolute atomic E-state index is 13.6. The van der Waals surface area contributed by atoms with Gasteiger partial charge in [-0.15, -0.1) is 0 Å². The van der Waals surface area contributed by atoms with E-state index in [4.69, 9.17) is 9.47 Å². The molecule has 1 aromatic heterocycles. The van der Waals surface area contributed by atoms with Crippen molar-refractivity contribution in [3.05, 3.63) is 53.5 Å². The summed E-state index contributed by atoms with van der Waals surface area (Å²) >= 11 is 0. The third kappa shape index (κ3) is 3.24. The van der Waals surface area contributed by atoms with Gasteiger partial charge in [-0.3, -0.25) is 0 Å². The first-order valence-corrected chi connectivity index (χ1v) is 6.14. The predicted octanol–water partition coefficient (Wildman–Crippen LogP) is 2.51. The Morgan fingerprint density at radius 1 is 1.20 bits per heavy atom. The van der Waals surface area contributed by atoms with E-state index in [9.17, 15) is 9.50 Å². The second-order valence-corrected chi connectivity index (χ2v) is 4.32. The van der Waals surface area contributed by atoms with Gasteiger partial charge in [0, 0.05) is 18.7 Å². The van der Waals surface area contributed by atoms with E-state index in [-0.39, 0.29) is 5.75 Å². The molecule has 0 radical (unpaired) electrons. The van der Waals surface area contributed by atoms with Crippen molar-refractivity contribution in [1.29, 1.82) is 0 Å². The summed E-state index contributed by atoms with van der Waals surface area (Å²) in [6.07, 6.45) is 1.10. The molecule has 5 heteroatoms. The van der Waals surface area contributed by atoms with Crippen LogP contribution < -0.4 is 9.47 Å². The normalized spacial score (nSPS) is 12.0. The quantitative estimate of drug-likeness (QED) is 0.912. The number of aliphatic hydroxyl groups excluding tert-OH is 1. The molecule has 0 aliphatic rings. The third-order valence-corrected chi connectivity index (χ3v) is 3.00. The number of pyridine rings is 1. The van der Waals surface area contributed by atoms with Gasteiger partial charge in [0.2, 0.25) is 5.88 Å². The highest BCUT2D eigenvalue weighted by Crippen LogP contribution is 2.23. The highest BCUT2D eigenvalue weighted by molar-refractivity contribution is 5.30. The van der Waals surface area contributed by atoms with Crippen LogP contribution in [-0.2, 0) is 6.42 Å². The SMILES string of the molecule is COc1ccc(C(O)Cc2ccc(OC)c(F)c2)cn1. The molecule has 1 heterocycles. The molecule has 0 bridgehead atoms. The maximum Gasteiger partial charge on any atom is 0.212 e. The number of benzene rings is 1. The summed E-state index contributed by atoms with van der Waals surface area (Å²) < 4.78 is 23.4. The van der Waals surface area contributed by atoms with E-state index in [0.29, 0.717) is 23.4 Å². The van der Waals surface area contributed by atoms with Crippen molar-refractivity contribution in [3.8, 4) is 11.6 Å². The van der Waals surface area contributed by atoms with Crippen molar-refractivity contribution in [3.63, 3.8) is 0 Å². The zero-order valence-corrected chi connectivity index (χ0v) is 11.3. The van der Waals surface area contributed by atoms with Crippen LogP contribution in [0.5, 0.6) is 11.6 Å². The van der Waals surface area contributed by atoms with Crippen LogP contribution in [0.15, 0.2) is 36.5 Å². The molecular weight excluding hydrogens is 261 g/mol. The maximum atomic E-state index is 13.6. The average Bonchev–Trinajstić information content (AvgIpc) is 2.47. The van der Waals surface area contributed by atoms with E-state index < -0.39 is 11.9 Å². The number of aliphatic hydroxyl groups is 1. The Morgan fingerprint density at radius 3 is 2.55 bits per heavy atom. The lowest BCUT2D eigenvalue weighted by Gasteiger charge is -2.12. The van der Waals surface area contributed by atoms with Crippen LogP contribution >= 0.6 is 0 Å². The largest absolute Gasteiger partial charge is 0.494 e. The lowest BCUT2D eigenvalue weighted by molar-refractivity contribution is 0.177. The molecule has 1 aromatic carbocycles. The molecule has 0 fully saturated rings. The summed E-state index contributed by atoms with van der Waals surface area (Å²) in [7, 11) is 2.94. The number of hydrogen-bond donors (Lipinski definition) is 1. The Balaban J connectivity index is 2.10. The second kappa shape index (κ2) is 6.34. The van der Waals surface area contributed by atoms with Gasteiger partial charge in [0.05, 0.1) is 20.3 Å². The van der Waals surface area contributed by atoms with Gasteiger partial charge in [-0.1, -0.05) is 6.07 Å². The molecule has 1 unspecified atom stereocenters. The van der Waals surface area contributed by atoms with Crippen molar-refractivity contribution in [1.82, 2.24) is 4.98 Å². The molecule has 2 rings (SSSR count). The number of methoxy groups -OCH3 is 2. The highest BCUT2D eigenvalue weighted by atomic mass is 19.1. The minimum absolute atomic E-state index is 0.189. The van der Waals surface area contributed by atoms with Gasteiger partial charge in [0.25, 0.3) is 0 Å². The van der Waals surface area contributed by atoms with Crippen molar-refractivity contribution >= 4 is 0 Å². The lowest BCUT2D eigenvalue weighted by Crippen LogP contribution is -2.03. The van der Waals surface area contributed by atoms with Gasteiger partial charge < -0.3 is 14.6 Å². The highest BCUT2D eigenvalue weighted by Gasteiger charge is 2.11. The fourth-order valence-electron chi connectivity index (χ4n) is 1.89. The Labute approximate surface area is 116 Å². The number of halogens is 1. The first-order valence-electron chi connectivity index (χ1n) is 6.14. The first kappa shape index (κ1) is 14.3. The second-order valence-electron chi connectivity index (χ2n) is 4.32. The first-order chi connectivity index (χ1) is 9.63. The van der Waals surface area contributed by atoms with E-state index in [1.54, 1.807) is 30.5 Å². The summed E-state index contributed by atoms with van der Waals surface area (Å²) in [5.74, 6) is 0.232. The van der Waals surface area contributed by atoms with Crippen molar-refractivity contribution in [2.45, 2.75) is 12.5 Å². The summed E-state index contributed by atoms with van der Waals surface area (Å²) in [4.78, 5) is 4.03. The molecule has 20 heavy (non-hydrogen) atoms. The van der Waals surface area contributed by atoms with E-state index in [0.717, 1.165) is 0 Å². The molecule has 0 amide bonds. The monoisotopic (exact) mass is 277 g/mol. The van der Waals surface area contributed by atoms with Crippen LogP contribution in [0.1, 0.15) is 17.2 Å². The minimum atomic E-state index is -0.749. The molecule has 1 N–H and O–H groups in total. The van der Waals surface area contributed by atoms with Gasteiger partial charge >= 0.3 is 0 Å². The zero-order chi connectivity index (χ0) is 14.5. The Bertz CT molecular complexity index is 572. The van der Waals surface area contributed by atoms with Gasteiger partial charge in [-0.05, 0) is 29.3 Å². The van der Waals surface area contributed by atoms with E-state index >= 15 is 0 Å². The number of rotatable bonds is 5. The molecule has 4 nitrogen and oxygen atoms in total. The van der Waals surface area contributed by atoms with Gasteiger partial charge in [-0.25, -0.2) is 9.37 Å². The molecule has 2 aromatic rings. The van der Waals surface area contributed by atoms with Crippen LogP contribution in [0.2, 0.25) is 0 Å². The van der Waals surface area contributed by atoms with Crippen LogP contribution in [0.4, 0.5) is 4.39 Å². The number of aromatic nitrogens is 1. The smallest absolute Gasteiger partial charge is 0.212 e. The van der Waals surface area contributed by atoms with Crippen LogP contribution in [0.3, 0.4) is 0 Å². The fraction of sp³-hybridized carbons (Fsp3) is 0.267. The summed E-state index contributed by atoms with van der Waals surface area (Å²) in [6, 6.07) is 8.04. The number of nitrogens with zero attached hydrogens (tertiary/aromatic N) is 1. The molecule has 0 saturated carbocycles. The molecule has 0 spiro atoms. The van der Waals surface area contributed by atoms with Gasteiger partial charge in [0.1, 0.15) is 0 Å². The molecule has 1 atom stereocenters. The molecule has 106 valence electrons. The van der Waals surface area contributed by atoms with Crippen molar-refractivity contribution in [2.24, 2.45) is 0 Å². The van der Waals surface area contributed by atoms with Gasteiger partial charge in [0.15, 0.2) is 11.6 Å². The Hall–Kier alpha value is -2.14. The van der Waals surface area contributed by atoms with E-state index in [1.165, 1.54) is 20.3 Å². The summed E-state index contributed by atoms with van der Waals surface area (Å²) in [5, 5.41) is 10.1. The molecule has 0 aliphatic heterocycles. The topological polar surface area (TPSA) is 51.6 Å². The van der Waals surface area contributed by atoms with E-state index in [2.05, 4.69) is 4.98 Å². The Kier molecular flexibility index (Phi) is 4.53. The van der Waals surface area contributed by atoms with Crippen LogP contribution in [0, 0.1) is 5.82 Å². The predicted molar refractivity (Wildman–Crippen MR) is 72.4 cm³/mol. The number of ether oxygens (including phenoxy) is 2. The summed E-state index contributed by atoms with van der Waals surface area (Å²) in [5.41, 5.74) is 1.34. The van der Waals surface area contributed by atoms with E-state index in [1.807, 2.05) is 0 Å². The molecule has 0 aliphatic carbocycles. The average molecular weight is 277 g/mol. The van der Waals surface area contributed by atoms with Crippen LogP contribution in [-0.4, -0.2) is 24.3 Å². The van der Waals surface area contributed by atoms with Crippen molar-refractivity contribution < 1.29 is 19.0 Å². The lowest BCUT2D eigenvalue weighted by atomic mass is 10.0. The standard InChI is InChI=1S/C15H16FNO3/c1-19-14-5-3-10(7-12(14)16)8-13(18)11-4-6-15(20-2)17-9-11/h3-7,9,13,18H,8H2,1-2H3. The minimum Gasteiger partial charge on any atom is -0.494 e. The number of hydrogen-bond acceptors (Lipinski definition) is 4. The molecule has 0 saturated heterocycles. The molecular formula is C15H16FNO3. The Morgan fingerprint density at radius 2 is 2.00 bits per heavy atom. The summed E-state index contributed by atoms with van der Waals surface area (Å²) in [6.45, 7) is 0. The fourth-order valence-corrected chi connectivity index (χ4v) is 1.89. The van der Waals surface area contributed by atoms with Gasteiger partial charge in [-0.2, -0.15) is 0 Å².